The molecule has 0 heterocycles. The Hall–Kier alpha value is -2.49. The van der Waals surface area contributed by atoms with E-state index in [1.54, 1.807) is 13.2 Å². The van der Waals surface area contributed by atoms with E-state index in [1.165, 1.54) is 0 Å². The SMILES string of the molecule is COc1ccccc1OC(C(=O)NC1CC1)c1ccccc1. The van der Waals surface area contributed by atoms with Crippen LogP contribution in [-0.2, 0) is 4.79 Å². The Bertz CT molecular complexity index is 638. The van der Waals surface area contributed by atoms with Crippen LogP contribution in [0.25, 0.3) is 0 Å². The lowest BCUT2D eigenvalue weighted by molar-refractivity contribution is -0.128. The molecule has 1 aliphatic carbocycles. The molecule has 0 saturated heterocycles. The lowest BCUT2D eigenvalue weighted by atomic mass is 10.1. The van der Waals surface area contributed by atoms with Crippen LogP contribution < -0.4 is 14.8 Å². The van der Waals surface area contributed by atoms with Crippen molar-refractivity contribution in [1.29, 1.82) is 0 Å². The van der Waals surface area contributed by atoms with Crippen molar-refractivity contribution in [2.75, 3.05) is 7.11 Å². The maximum Gasteiger partial charge on any atom is 0.266 e. The minimum Gasteiger partial charge on any atom is -0.493 e. The molecule has 2 aromatic rings. The molecule has 0 bridgehead atoms. The van der Waals surface area contributed by atoms with E-state index in [1.807, 2.05) is 48.5 Å². The summed E-state index contributed by atoms with van der Waals surface area (Å²) in [6, 6.07) is 17.2. The number of carbonyl (C=O) groups excluding carboxylic acids is 1. The van der Waals surface area contributed by atoms with Crippen LogP contribution in [0, 0.1) is 0 Å². The lowest BCUT2D eigenvalue weighted by Crippen LogP contribution is -2.33. The van der Waals surface area contributed by atoms with Gasteiger partial charge in [-0.15, -0.1) is 0 Å². The fourth-order valence-corrected chi connectivity index (χ4v) is 2.25. The number of carbonyl (C=O) groups is 1. The molecule has 2 aromatic carbocycles. The van der Waals surface area contributed by atoms with Gasteiger partial charge in [-0.3, -0.25) is 4.79 Å². The number of rotatable bonds is 6. The van der Waals surface area contributed by atoms with Crippen molar-refractivity contribution in [3.63, 3.8) is 0 Å². The molecule has 4 nitrogen and oxygen atoms in total. The average Bonchev–Trinajstić information content (AvgIpc) is 3.37. The predicted molar refractivity (Wildman–Crippen MR) is 84.0 cm³/mol. The molecule has 1 fully saturated rings. The Morgan fingerprint density at radius 1 is 1.05 bits per heavy atom. The van der Waals surface area contributed by atoms with Gasteiger partial charge in [-0.1, -0.05) is 42.5 Å². The highest BCUT2D eigenvalue weighted by Crippen LogP contribution is 2.31. The minimum atomic E-state index is -0.682. The van der Waals surface area contributed by atoms with E-state index in [-0.39, 0.29) is 5.91 Å². The molecule has 0 radical (unpaired) electrons. The quantitative estimate of drug-likeness (QED) is 0.891. The summed E-state index contributed by atoms with van der Waals surface area (Å²) in [6.45, 7) is 0. The molecule has 3 rings (SSSR count). The minimum absolute atomic E-state index is 0.111. The predicted octanol–water partition coefficient (Wildman–Crippen LogP) is 3.09. The van der Waals surface area contributed by atoms with Crippen LogP contribution in [0.15, 0.2) is 54.6 Å². The molecular formula is C18H19NO3. The van der Waals surface area contributed by atoms with E-state index in [4.69, 9.17) is 9.47 Å². The molecule has 1 unspecified atom stereocenters. The smallest absolute Gasteiger partial charge is 0.266 e. The van der Waals surface area contributed by atoms with Gasteiger partial charge in [-0.2, -0.15) is 0 Å². The van der Waals surface area contributed by atoms with Crippen LogP contribution in [0.5, 0.6) is 11.5 Å². The summed E-state index contributed by atoms with van der Waals surface area (Å²) < 4.78 is 11.3. The van der Waals surface area contributed by atoms with Gasteiger partial charge in [0.15, 0.2) is 11.5 Å². The van der Waals surface area contributed by atoms with Crippen molar-refractivity contribution in [3.8, 4) is 11.5 Å². The largest absolute Gasteiger partial charge is 0.493 e. The third-order valence-electron chi connectivity index (χ3n) is 3.58. The maximum atomic E-state index is 12.5. The van der Waals surface area contributed by atoms with Gasteiger partial charge in [-0.05, 0) is 25.0 Å². The van der Waals surface area contributed by atoms with Crippen LogP contribution in [-0.4, -0.2) is 19.1 Å². The van der Waals surface area contributed by atoms with E-state index in [2.05, 4.69) is 5.32 Å². The molecule has 114 valence electrons. The van der Waals surface area contributed by atoms with Crippen LogP contribution in [0.3, 0.4) is 0 Å². The molecule has 0 spiro atoms. The first-order chi connectivity index (χ1) is 10.8. The van der Waals surface area contributed by atoms with Crippen LogP contribution in [0.1, 0.15) is 24.5 Å². The van der Waals surface area contributed by atoms with Crippen LogP contribution in [0.4, 0.5) is 0 Å². The number of ether oxygens (including phenoxy) is 2. The molecule has 22 heavy (non-hydrogen) atoms. The van der Waals surface area contributed by atoms with E-state index in [0.29, 0.717) is 17.5 Å². The number of para-hydroxylation sites is 2. The molecular weight excluding hydrogens is 278 g/mol. The summed E-state index contributed by atoms with van der Waals surface area (Å²) in [5, 5.41) is 3.01. The van der Waals surface area contributed by atoms with E-state index in [0.717, 1.165) is 18.4 Å². The Labute approximate surface area is 130 Å². The van der Waals surface area contributed by atoms with Gasteiger partial charge in [0, 0.05) is 11.6 Å². The molecule has 4 heteroatoms. The summed E-state index contributed by atoms with van der Waals surface area (Å²) >= 11 is 0. The highest BCUT2D eigenvalue weighted by atomic mass is 16.5. The summed E-state index contributed by atoms with van der Waals surface area (Å²) in [6.07, 6.45) is 1.40. The van der Waals surface area contributed by atoms with E-state index < -0.39 is 6.10 Å². The van der Waals surface area contributed by atoms with Gasteiger partial charge >= 0.3 is 0 Å². The zero-order valence-electron chi connectivity index (χ0n) is 12.5. The highest BCUT2D eigenvalue weighted by molar-refractivity contribution is 5.83. The molecule has 1 saturated carbocycles. The van der Waals surface area contributed by atoms with Gasteiger partial charge in [0.2, 0.25) is 6.10 Å². The fourth-order valence-electron chi connectivity index (χ4n) is 2.25. The highest BCUT2D eigenvalue weighted by Gasteiger charge is 2.30. The number of benzene rings is 2. The van der Waals surface area contributed by atoms with Crippen molar-refractivity contribution in [3.05, 3.63) is 60.2 Å². The monoisotopic (exact) mass is 297 g/mol. The van der Waals surface area contributed by atoms with Crippen molar-refractivity contribution in [2.45, 2.75) is 25.0 Å². The van der Waals surface area contributed by atoms with Gasteiger partial charge in [0.1, 0.15) is 0 Å². The maximum absolute atomic E-state index is 12.5. The fraction of sp³-hybridized carbons (Fsp3) is 0.278. The Balaban J connectivity index is 1.86. The molecule has 1 N–H and O–H groups in total. The standard InChI is InChI=1S/C18H19NO3/c1-21-15-9-5-6-10-16(15)22-17(13-7-3-2-4-8-13)18(20)19-14-11-12-14/h2-10,14,17H,11-12H2,1H3,(H,19,20). The molecule has 1 aliphatic rings. The third kappa shape index (κ3) is 3.39. The molecule has 1 atom stereocenters. The first-order valence-electron chi connectivity index (χ1n) is 7.43. The van der Waals surface area contributed by atoms with Gasteiger partial charge in [0.05, 0.1) is 7.11 Å². The topological polar surface area (TPSA) is 47.6 Å². The van der Waals surface area contributed by atoms with Crippen molar-refractivity contribution >= 4 is 5.91 Å². The summed E-state index contributed by atoms with van der Waals surface area (Å²) in [7, 11) is 1.59. The van der Waals surface area contributed by atoms with Crippen molar-refractivity contribution in [1.82, 2.24) is 5.32 Å². The number of methoxy groups -OCH3 is 1. The molecule has 1 amide bonds. The first-order valence-corrected chi connectivity index (χ1v) is 7.43. The zero-order chi connectivity index (χ0) is 15.4. The Morgan fingerprint density at radius 2 is 1.68 bits per heavy atom. The summed E-state index contributed by atoms with van der Waals surface area (Å²) in [5.41, 5.74) is 0.826. The second kappa shape index (κ2) is 6.52. The van der Waals surface area contributed by atoms with Crippen LogP contribution in [0.2, 0.25) is 0 Å². The van der Waals surface area contributed by atoms with Gasteiger partial charge < -0.3 is 14.8 Å². The number of hydrogen-bond acceptors (Lipinski definition) is 3. The van der Waals surface area contributed by atoms with E-state index >= 15 is 0 Å². The number of hydrogen-bond donors (Lipinski definition) is 1. The second-order valence-electron chi connectivity index (χ2n) is 5.34. The van der Waals surface area contributed by atoms with E-state index in [9.17, 15) is 4.79 Å². The number of amides is 1. The zero-order valence-corrected chi connectivity index (χ0v) is 12.5. The second-order valence-corrected chi connectivity index (χ2v) is 5.34. The van der Waals surface area contributed by atoms with Crippen molar-refractivity contribution < 1.29 is 14.3 Å². The Morgan fingerprint density at radius 3 is 2.32 bits per heavy atom. The Kier molecular flexibility index (Phi) is 4.28. The van der Waals surface area contributed by atoms with Crippen molar-refractivity contribution in [2.24, 2.45) is 0 Å². The van der Waals surface area contributed by atoms with Crippen LogP contribution >= 0.6 is 0 Å². The third-order valence-corrected chi connectivity index (χ3v) is 3.58. The normalized spacial score (nSPS) is 15.0. The summed E-state index contributed by atoms with van der Waals surface area (Å²) in [4.78, 5) is 12.5. The molecule has 0 aromatic heterocycles. The molecule has 0 aliphatic heterocycles. The lowest BCUT2D eigenvalue weighted by Gasteiger charge is -2.20. The number of nitrogens with one attached hydrogen (secondary N) is 1. The van der Waals surface area contributed by atoms with Gasteiger partial charge in [0.25, 0.3) is 5.91 Å². The van der Waals surface area contributed by atoms with Gasteiger partial charge in [-0.25, -0.2) is 0 Å². The first kappa shape index (κ1) is 14.4. The summed E-state index contributed by atoms with van der Waals surface area (Å²) in [5.74, 6) is 1.06. The average molecular weight is 297 g/mol.